The van der Waals surface area contributed by atoms with E-state index in [1.807, 2.05) is 0 Å². The van der Waals surface area contributed by atoms with Crippen molar-refractivity contribution in [3.8, 4) is 0 Å². The van der Waals surface area contributed by atoms with Gasteiger partial charge in [-0.25, -0.2) is 9.18 Å². The molecular formula is C12H10BrClFNO. The summed E-state index contributed by atoms with van der Waals surface area (Å²) >= 11 is 8.90. The Balaban J connectivity index is 2.58. The molecule has 0 aromatic heterocycles. The van der Waals surface area contributed by atoms with E-state index in [0.29, 0.717) is 10.0 Å². The van der Waals surface area contributed by atoms with Crippen molar-refractivity contribution >= 4 is 33.6 Å². The Labute approximate surface area is 112 Å². The molecular weight excluding hydrogens is 308 g/mol. The summed E-state index contributed by atoms with van der Waals surface area (Å²) in [5.74, 6) is -0.503. The summed E-state index contributed by atoms with van der Waals surface area (Å²) in [7, 11) is 0. The summed E-state index contributed by atoms with van der Waals surface area (Å²) < 4.78 is 14.0. The first-order valence-electron chi connectivity index (χ1n) is 5.34. The van der Waals surface area contributed by atoms with E-state index in [-0.39, 0.29) is 5.02 Å². The molecule has 0 radical (unpaired) electrons. The van der Waals surface area contributed by atoms with Crippen LogP contribution in [0.25, 0.3) is 0 Å². The van der Waals surface area contributed by atoms with Gasteiger partial charge in [0.1, 0.15) is 0 Å². The predicted molar refractivity (Wildman–Crippen MR) is 67.4 cm³/mol. The number of hydrogen-bond donors (Lipinski definition) is 0. The van der Waals surface area contributed by atoms with Crippen LogP contribution in [0.5, 0.6) is 0 Å². The lowest BCUT2D eigenvalue weighted by Crippen LogP contribution is -2.20. The molecule has 5 heteroatoms. The van der Waals surface area contributed by atoms with E-state index >= 15 is 0 Å². The maximum atomic E-state index is 13.7. The Hall–Kier alpha value is -0.700. The van der Waals surface area contributed by atoms with E-state index in [2.05, 4.69) is 20.9 Å². The van der Waals surface area contributed by atoms with Crippen LogP contribution >= 0.6 is 27.5 Å². The lowest BCUT2D eigenvalue weighted by Gasteiger charge is -2.24. The van der Waals surface area contributed by atoms with Crippen LogP contribution in [0.2, 0.25) is 5.02 Å². The normalized spacial score (nSPS) is 17.8. The summed E-state index contributed by atoms with van der Waals surface area (Å²) in [4.78, 5) is 14.5. The molecule has 2 rings (SSSR count). The Bertz CT molecular complexity index is 494. The summed E-state index contributed by atoms with van der Waals surface area (Å²) in [5.41, 5.74) is 0.0479. The molecule has 0 atom stereocenters. The van der Waals surface area contributed by atoms with E-state index in [1.54, 1.807) is 12.1 Å². The Morgan fingerprint density at radius 3 is 2.65 bits per heavy atom. The standard InChI is InChI=1S/C12H10BrClFNO/c13-10-8(3-4-9(14)11(10)15)12(16-7-17)5-1-2-6-12/h3-4H,1-2,5-6H2. The highest BCUT2D eigenvalue weighted by atomic mass is 79.9. The molecule has 1 aromatic rings. The van der Waals surface area contributed by atoms with Gasteiger partial charge in [-0.15, -0.1) is 0 Å². The van der Waals surface area contributed by atoms with Crippen LogP contribution in [0.1, 0.15) is 31.2 Å². The third-order valence-corrected chi connectivity index (χ3v) is 4.29. The SMILES string of the molecule is O=C=NC1(c2ccc(Cl)c(F)c2Br)CCCC1. The monoisotopic (exact) mass is 317 g/mol. The van der Waals surface area contributed by atoms with E-state index in [1.165, 1.54) is 6.07 Å². The predicted octanol–water partition coefficient (Wildman–Crippen LogP) is 4.35. The molecule has 0 amide bonds. The van der Waals surface area contributed by atoms with Gasteiger partial charge in [-0.1, -0.05) is 30.5 Å². The van der Waals surface area contributed by atoms with Crippen molar-refractivity contribution in [3.05, 3.63) is 33.0 Å². The van der Waals surface area contributed by atoms with E-state index < -0.39 is 11.4 Å². The third-order valence-electron chi connectivity index (χ3n) is 3.23. The Morgan fingerprint density at radius 2 is 2.06 bits per heavy atom. The summed E-state index contributed by atoms with van der Waals surface area (Å²) in [6.45, 7) is 0. The van der Waals surface area contributed by atoms with Crippen molar-refractivity contribution in [2.24, 2.45) is 4.99 Å². The van der Waals surface area contributed by atoms with Gasteiger partial charge in [0.2, 0.25) is 6.08 Å². The molecule has 1 aliphatic carbocycles. The van der Waals surface area contributed by atoms with Gasteiger partial charge in [0.15, 0.2) is 5.82 Å². The second-order valence-corrected chi connectivity index (χ2v) is 5.36. The van der Waals surface area contributed by atoms with Crippen molar-refractivity contribution in [2.45, 2.75) is 31.2 Å². The van der Waals surface area contributed by atoms with Crippen LogP contribution in [-0.2, 0) is 10.3 Å². The first-order chi connectivity index (χ1) is 8.10. The summed E-state index contributed by atoms with van der Waals surface area (Å²) in [6.07, 6.45) is 5.03. The quantitative estimate of drug-likeness (QED) is 0.453. The molecule has 1 aromatic carbocycles. The lowest BCUT2D eigenvalue weighted by molar-refractivity contribution is 0.450. The van der Waals surface area contributed by atoms with Crippen LogP contribution in [0.15, 0.2) is 21.6 Å². The molecule has 2 nitrogen and oxygen atoms in total. The number of nitrogens with zero attached hydrogens (tertiary/aromatic N) is 1. The first kappa shape index (κ1) is 12.7. The minimum atomic E-state index is -0.633. The highest BCUT2D eigenvalue weighted by Crippen LogP contribution is 2.46. The second-order valence-electron chi connectivity index (χ2n) is 4.16. The molecule has 1 fully saturated rings. The highest BCUT2D eigenvalue weighted by Gasteiger charge is 2.38. The molecule has 0 heterocycles. The highest BCUT2D eigenvalue weighted by molar-refractivity contribution is 9.10. The van der Waals surface area contributed by atoms with Gasteiger partial charge in [-0.3, -0.25) is 0 Å². The fraction of sp³-hybridized carbons (Fsp3) is 0.417. The molecule has 1 saturated carbocycles. The smallest absolute Gasteiger partial charge is 0.211 e. The van der Waals surface area contributed by atoms with Gasteiger partial charge in [0.05, 0.1) is 15.0 Å². The van der Waals surface area contributed by atoms with E-state index in [0.717, 1.165) is 25.7 Å². The fourth-order valence-electron chi connectivity index (χ4n) is 2.37. The van der Waals surface area contributed by atoms with Crippen LogP contribution < -0.4 is 0 Å². The second kappa shape index (κ2) is 4.89. The van der Waals surface area contributed by atoms with Gasteiger partial charge in [-0.05, 0) is 40.4 Å². The lowest BCUT2D eigenvalue weighted by atomic mass is 9.89. The van der Waals surface area contributed by atoms with Gasteiger partial charge in [0, 0.05) is 0 Å². The van der Waals surface area contributed by atoms with E-state index in [4.69, 9.17) is 11.6 Å². The minimum Gasteiger partial charge on any atom is -0.211 e. The molecule has 1 aliphatic rings. The number of hydrogen-bond acceptors (Lipinski definition) is 2. The van der Waals surface area contributed by atoms with Crippen LogP contribution in [0.4, 0.5) is 4.39 Å². The average molecular weight is 319 g/mol. The fourth-order valence-corrected chi connectivity index (χ4v) is 3.36. The maximum Gasteiger partial charge on any atom is 0.235 e. The van der Waals surface area contributed by atoms with Crippen LogP contribution in [0, 0.1) is 5.82 Å². The molecule has 0 saturated heterocycles. The van der Waals surface area contributed by atoms with Crippen molar-refractivity contribution in [2.75, 3.05) is 0 Å². The van der Waals surface area contributed by atoms with Crippen molar-refractivity contribution in [1.82, 2.24) is 0 Å². The Kier molecular flexibility index (Phi) is 3.67. The molecule has 17 heavy (non-hydrogen) atoms. The zero-order valence-electron chi connectivity index (χ0n) is 8.97. The molecule has 0 N–H and O–H groups in total. The van der Waals surface area contributed by atoms with Gasteiger partial charge < -0.3 is 0 Å². The third kappa shape index (κ3) is 2.17. The van der Waals surface area contributed by atoms with Crippen LogP contribution in [-0.4, -0.2) is 6.08 Å². The molecule has 0 aliphatic heterocycles. The first-order valence-corrected chi connectivity index (χ1v) is 6.51. The topological polar surface area (TPSA) is 29.4 Å². The van der Waals surface area contributed by atoms with Crippen molar-refractivity contribution in [1.29, 1.82) is 0 Å². The number of carbonyl (C=O) groups excluding carboxylic acids is 1. The van der Waals surface area contributed by atoms with Gasteiger partial charge >= 0.3 is 0 Å². The van der Waals surface area contributed by atoms with Crippen molar-refractivity contribution in [3.63, 3.8) is 0 Å². The largest absolute Gasteiger partial charge is 0.235 e. The zero-order chi connectivity index (χ0) is 12.5. The van der Waals surface area contributed by atoms with Gasteiger partial charge in [-0.2, -0.15) is 4.99 Å². The minimum absolute atomic E-state index is 0.0591. The average Bonchev–Trinajstić information content (AvgIpc) is 2.76. The molecule has 90 valence electrons. The molecule has 0 spiro atoms. The summed E-state index contributed by atoms with van der Waals surface area (Å²) in [6, 6.07) is 3.22. The maximum absolute atomic E-state index is 13.7. The van der Waals surface area contributed by atoms with Crippen LogP contribution in [0.3, 0.4) is 0 Å². The number of benzene rings is 1. The molecule has 0 bridgehead atoms. The van der Waals surface area contributed by atoms with Gasteiger partial charge in [0.25, 0.3) is 0 Å². The zero-order valence-corrected chi connectivity index (χ0v) is 11.3. The Morgan fingerprint density at radius 1 is 1.41 bits per heavy atom. The number of rotatable bonds is 2. The summed E-state index contributed by atoms with van der Waals surface area (Å²) in [5, 5.41) is 0.0591. The molecule has 0 unspecified atom stereocenters. The number of aliphatic imine (C=N–C) groups is 1. The van der Waals surface area contributed by atoms with E-state index in [9.17, 15) is 9.18 Å². The van der Waals surface area contributed by atoms with Crippen molar-refractivity contribution < 1.29 is 9.18 Å². The number of halogens is 3. The number of isocyanates is 1.